The number of ether oxygens (including phenoxy) is 1. The van der Waals surface area contributed by atoms with Crippen LogP contribution < -0.4 is 0 Å². The molecule has 0 radical (unpaired) electrons. The molecule has 0 unspecified atom stereocenters. The molecule has 0 atom stereocenters. The van der Waals surface area contributed by atoms with Gasteiger partial charge in [0.25, 0.3) is 0 Å². The van der Waals surface area contributed by atoms with Gasteiger partial charge in [-0.3, -0.25) is 0 Å². The molecule has 0 rings (SSSR count). The smallest absolute Gasteiger partial charge is 0.0618 e. The number of hydrogen-bond acceptors (Lipinski definition) is 3. The fourth-order valence-corrected chi connectivity index (χ4v) is 0.522. The van der Waals surface area contributed by atoms with E-state index in [9.17, 15) is 0 Å². The molecule has 0 aromatic carbocycles. The summed E-state index contributed by atoms with van der Waals surface area (Å²) in [7, 11) is 0. The average molecular weight is 144 g/mol. The first-order chi connectivity index (χ1) is 4.56. The summed E-state index contributed by atoms with van der Waals surface area (Å²) in [6.07, 6.45) is 0.848. The van der Waals surface area contributed by atoms with Crippen LogP contribution >= 0.6 is 0 Å². The molecule has 0 amide bonds. The van der Waals surface area contributed by atoms with Crippen LogP contribution in [0.15, 0.2) is 5.11 Å². The highest BCUT2D eigenvalue weighted by Crippen LogP contribution is 2.06. The second-order valence-corrected chi connectivity index (χ2v) is 3.20. The Kier molecular flexibility index (Phi) is 4.19. The van der Waals surface area contributed by atoms with Crippen molar-refractivity contribution in [1.29, 1.82) is 5.53 Å². The molecule has 0 aliphatic heterocycles. The number of rotatable bonds is 4. The van der Waals surface area contributed by atoms with Crippen LogP contribution in [0.3, 0.4) is 0 Å². The van der Waals surface area contributed by atoms with Crippen LogP contribution in [-0.4, -0.2) is 18.8 Å². The molecule has 1 N–H and O–H groups in total. The molecule has 0 fully saturated rings. The van der Waals surface area contributed by atoms with Crippen molar-refractivity contribution >= 4 is 0 Å². The monoisotopic (exact) mass is 144 g/mol. The van der Waals surface area contributed by atoms with E-state index in [0.717, 1.165) is 6.42 Å². The van der Waals surface area contributed by atoms with Crippen molar-refractivity contribution in [2.24, 2.45) is 5.11 Å². The van der Waals surface area contributed by atoms with Gasteiger partial charge in [-0.25, -0.2) is 5.53 Å². The first kappa shape index (κ1) is 9.56. The van der Waals surface area contributed by atoms with Gasteiger partial charge < -0.3 is 4.74 Å². The van der Waals surface area contributed by atoms with Crippen molar-refractivity contribution in [2.75, 3.05) is 13.2 Å². The van der Waals surface area contributed by atoms with Crippen LogP contribution in [-0.2, 0) is 4.74 Å². The van der Waals surface area contributed by atoms with E-state index in [1.54, 1.807) is 0 Å². The normalized spacial score (nSPS) is 11.5. The van der Waals surface area contributed by atoms with Crippen molar-refractivity contribution < 1.29 is 4.74 Å². The summed E-state index contributed by atoms with van der Waals surface area (Å²) in [4.78, 5) is 0. The Morgan fingerprint density at radius 2 is 2.00 bits per heavy atom. The topological polar surface area (TPSA) is 45.4 Å². The second-order valence-electron chi connectivity index (χ2n) is 3.20. The molecule has 0 saturated heterocycles. The minimum Gasteiger partial charge on any atom is -0.376 e. The van der Waals surface area contributed by atoms with Gasteiger partial charge in [0, 0.05) is 6.61 Å². The van der Waals surface area contributed by atoms with Gasteiger partial charge >= 0.3 is 0 Å². The summed E-state index contributed by atoms with van der Waals surface area (Å²) in [5.41, 5.74) is 6.45. The number of hydrogen-bond donors (Lipinski definition) is 1. The van der Waals surface area contributed by atoms with Gasteiger partial charge in [0.2, 0.25) is 0 Å². The Morgan fingerprint density at radius 1 is 1.40 bits per heavy atom. The zero-order valence-electron chi connectivity index (χ0n) is 6.98. The highest BCUT2D eigenvalue weighted by atomic mass is 16.5. The number of nitrogens with zero attached hydrogens (tertiary/aromatic N) is 1. The standard InChI is InChI=1S/C7H16N2O/c1-7(2,3)10-6-4-5-9-8/h8H,4-6H2,1-3H3. The molecular weight excluding hydrogens is 128 g/mol. The Bertz CT molecular complexity index is 96.3. The van der Waals surface area contributed by atoms with Crippen LogP contribution in [0.2, 0.25) is 0 Å². The highest BCUT2D eigenvalue weighted by molar-refractivity contribution is 4.58. The van der Waals surface area contributed by atoms with Gasteiger partial charge in [0.05, 0.1) is 12.1 Å². The molecular formula is C7H16N2O. The van der Waals surface area contributed by atoms with Crippen LogP contribution in [0.25, 0.3) is 0 Å². The fourth-order valence-electron chi connectivity index (χ4n) is 0.522. The maximum Gasteiger partial charge on any atom is 0.0618 e. The maximum atomic E-state index is 6.51. The average Bonchev–Trinajstić information content (AvgIpc) is 1.78. The quantitative estimate of drug-likeness (QED) is 0.477. The van der Waals surface area contributed by atoms with Crippen molar-refractivity contribution in [1.82, 2.24) is 0 Å². The largest absolute Gasteiger partial charge is 0.376 e. The van der Waals surface area contributed by atoms with Gasteiger partial charge in [-0.05, 0) is 27.2 Å². The van der Waals surface area contributed by atoms with Crippen LogP contribution in [0.1, 0.15) is 27.2 Å². The van der Waals surface area contributed by atoms with Crippen molar-refractivity contribution in [2.45, 2.75) is 32.8 Å². The lowest BCUT2D eigenvalue weighted by atomic mass is 10.2. The molecule has 3 heteroatoms. The molecule has 0 bridgehead atoms. The molecule has 0 aliphatic rings. The number of nitrogens with one attached hydrogen (secondary N) is 1. The lowest BCUT2D eigenvalue weighted by molar-refractivity contribution is -0.00322. The molecule has 0 aromatic rings. The van der Waals surface area contributed by atoms with E-state index in [4.69, 9.17) is 10.3 Å². The second kappa shape index (κ2) is 4.39. The third-order valence-corrected chi connectivity index (χ3v) is 0.949. The summed E-state index contributed by atoms with van der Waals surface area (Å²) >= 11 is 0. The minimum atomic E-state index is -0.0535. The summed E-state index contributed by atoms with van der Waals surface area (Å²) < 4.78 is 5.39. The van der Waals surface area contributed by atoms with E-state index >= 15 is 0 Å². The van der Waals surface area contributed by atoms with E-state index < -0.39 is 0 Å². The highest BCUT2D eigenvalue weighted by Gasteiger charge is 2.08. The summed E-state index contributed by atoms with van der Waals surface area (Å²) in [5, 5.41) is 3.23. The molecule has 0 aromatic heterocycles. The molecule has 0 saturated carbocycles. The van der Waals surface area contributed by atoms with Crippen LogP contribution in [0.4, 0.5) is 0 Å². The van der Waals surface area contributed by atoms with Gasteiger partial charge in [-0.1, -0.05) is 0 Å². The van der Waals surface area contributed by atoms with Gasteiger partial charge in [0.15, 0.2) is 0 Å². The van der Waals surface area contributed by atoms with Crippen LogP contribution in [0.5, 0.6) is 0 Å². The third kappa shape index (κ3) is 7.56. The lowest BCUT2D eigenvalue weighted by Gasteiger charge is -2.18. The summed E-state index contributed by atoms with van der Waals surface area (Å²) in [6, 6.07) is 0. The predicted octanol–water partition coefficient (Wildman–Crippen LogP) is 2.22. The zero-order chi connectivity index (χ0) is 8.04. The lowest BCUT2D eigenvalue weighted by Crippen LogP contribution is -2.19. The van der Waals surface area contributed by atoms with Crippen LogP contribution in [0, 0.1) is 5.53 Å². The Hall–Kier alpha value is -0.440. The van der Waals surface area contributed by atoms with E-state index in [1.165, 1.54) is 0 Å². The molecule has 0 aliphatic carbocycles. The van der Waals surface area contributed by atoms with E-state index in [2.05, 4.69) is 5.11 Å². The molecule has 0 heterocycles. The first-order valence-corrected chi connectivity index (χ1v) is 3.53. The Morgan fingerprint density at radius 3 is 2.40 bits per heavy atom. The van der Waals surface area contributed by atoms with E-state index in [-0.39, 0.29) is 5.60 Å². The zero-order valence-corrected chi connectivity index (χ0v) is 6.98. The van der Waals surface area contributed by atoms with Gasteiger partial charge in [-0.15, -0.1) is 0 Å². The molecule has 10 heavy (non-hydrogen) atoms. The van der Waals surface area contributed by atoms with E-state index in [0.29, 0.717) is 13.2 Å². The van der Waals surface area contributed by atoms with Crippen molar-refractivity contribution in [3.8, 4) is 0 Å². The summed E-state index contributed by atoms with van der Waals surface area (Å²) in [6.45, 7) is 7.34. The SMILES string of the molecule is CC(C)(C)OCCCN=N. The first-order valence-electron chi connectivity index (χ1n) is 3.53. The molecule has 3 nitrogen and oxygen atoms in total. The molecule has 60 valence electrons. The van der Waals surface area contributed by atoms with Gasteiger partial charge in [-0.2, -0.15) is 5.11 Å². The van der Waals surface area contributed by atoms with Crippen molar-refractivity contribution in [3.05, 3.63) is 0 Å². The van der Waals surface area contributed by atoms with E-state index in [1.807, 2.05) is 20.8 Å². The molecule has 0 spiro atoms. The maximum absolute atomic E-state index is 6.51. The third-order valence-electron chi connectivity index (χ3n) is 0.949. The predicted molar refractivity (Wildman–Crippen MR) is 40.3 cm³/mol. The minimum absolute atomic E-state index is 0.0535. The fraction of sp³-hybridized carbons (Fsp3) is 1.00. The Labute approximate surface area is 62.3 Å². The van der Waals surface area contributed by atoms with Gasteiger partial charge in [0.1, 0.15) is 0 Å². The Balaban J connectivity index is 3.12. The van der Waals surface area contributed by atoms with Crippen molar-refractivity contribution in [3.63, 3.8) is 0 Å². The summed E-state index contributed by atoms with van der Waals surface area (Å²) in [5.74, 6) is 0.